The number of likely N-dealkylation sites (N-methyl/N-ethyl adjacent to an activating group) is 1. The van der Waals surface area contributed by atoms with E-state index in [0.29, 0.717) is 6.42 Å². The van der Waals surface area contributed by atoms with Crippen LogP contribution in [-0.2, 0) is 11.2 Å². The van der Waals surface area contributed by atoms with Crippen LogP contribution < -0.4 is 10.2 Å². The molecule has 4 heteroatoms. The van der Waals surface area contributed by atoms with Crippen LogP contribution in [0.5, 0.6) is 0 Å². The molecule has 1 heterocycles. The van der Waals surface area contributed by atoms with E-state index in [1.54, 1.807) is 4.90 Å². The van der Waals surface area contributed by atoms with Gasteiger partial charge in [-0.25, -0.2) is 0 Å². The number of nitrogens with one attached hydrogen (secondary N) is 1. The summed E-state index contributed by atoms with van der Waals surface area (Å²) < 4.78 is 0. The van der Waals surface area contributed by atoms with Crippen molar-refractivity contribution >= 4 is 24.2 Å². The molecule has 0 aromatic heterocycles. The molecule has 0 saturated carbocycles. The molecule has 86 valence electrons. The molecular formula is C12H16N2OS. The summed E-state index contributed by atoms with van der Waals surface area (Å²) in [6, 6.07) is 6.43. The summed E-state index contributed by atoms with van der Waals surface area (Å²) in [6.45, 7) is 0. The number of carbonyl (C=O) groups is 1. The van der Waals surface area contributed by atoms with Crippen LogP contribution in [0.1, 0.15) is 17.2 Å². The Bertz CT molecular complexity index is 415. The fourth-order valence-electron chi connectivity index (χ4n) is 2.07. The van der Waals surface area contributed by atoms with Gasteiger partial charge in [0.05, 0.1) is 6.42 Å². The monoisotopic (exact) mass is 236 g/mol. The molecule has 0 fully saturated rings. The van der Waals surface area contributed by atoms with E-state index in [4.69, 9.17) is 0 Å². The first-order chi connectivity index (χ1) is 7.67. The van der Waals surface area contributed by atoms with Gasteiger partial charge in [-0.15, -0.1) is 0 Å². The minimum absolute atomic E-state index is 0.166. The summed E-state index contributed by atoms with van der Waals surface area (Å²) in [4.78, 5) is 13.3. The van der Waals surface area contributed by atoms with Crippen molar-refractivity contribution < 1.29 is 4.79 Å². The predicted octanol–water partition coefficient (Wildman–Crippen LogP) is 1.40. The van der Waals surface area contributed by atoms with Crippen LogP contribution in [0.2, 0.25) is 0 Å². The summed E-state index contributed by atoms with van der Waals surface area (Å²) in [5.41, 5.74) is 3.34. The number of hydrogen-bond donors (Lipinski definition) is 2. The lowest BCUT2D eigenvalue weighted by molar-refractivity contribution is -0.117. The maximum Gasteiger partial charge on any atom is 0.231 e. The second-order valence-electron chi connectivity index (χ2n) is 4.04. The molecule has 1 aliphatic heterocycles. The van der Waals surface area contributed by atoms with Gasteiger partial charge in [0, 0.05) is 24.5 Å². The number of fused-ring (bicyclic) bond motifs is 1. The van der Waals surface area contributed by atoms with Crippen LogP contribution >= 0.6 is 12.6 Å². The third kappa shape index (κ3) is 1.83. The van der Waals surface area contributed by atoms with Crippen molar-refractivity contribution in [2.24, 2.45) is 0 Å². The number of carbonyl (C=O) groups excluding carboxylic acids is 1. The van der Waals surface area contributed by atoms with Crippen molar-refractivity contribution in [1.29, 1.82) is 0 Å². The summed E-state index contributed by atoms with van der Waals surface area (Å²) >= 11 is 4.31. The molecule has 1 aromatic rings. The molecule has 1 atom stereocenters. The van der Waals surface area contributed by atoms with Gasteiger partial charge in [-0.05, 0) is 24.2 Å². The second-order valence-corrected chi connectivity index (χ2v) is 4.41. The minimum atomic E-state index is 0.166. The van der Waals surface area contributed by atoms with Crippen molar-refractivity contribution in [3.8, 4) is 0 Å². The number of anilines is 1. The Morgan fingerprint density at radius 1 is 1.56 bits per heavy atom. The fourth-order valence-corrected chi connectivity index (χ4v) is 2.46. The first-order valence-electron chi connectivity index (χ1n) is 5.35. The molecule has 1 amide bonds. The zero-order chi connectivity index (χ0) is 11.7. The lowest BCUT2D eigenvalue weighted by Crippen LogP contribution is -2.20. The highest BCUT2D eigenvalue weighted by Gasteiger charge is 2.24. The van der Waals surface area contributed by atoms with E-state index in [-0.39, 0.29) is 11.9 Å². The van der Waals surface area contributed by atoms with Gasteiger partial charge in [0.25, 0.3) is 0 Å². The smallest absolute Gasteiger partial charge is 0.231 e. The van der Waals surface area contributed by atoms with E-state index in [9.17, 15) is 4.79 Å². The highest BCUT2D eigenvalue weighted by Crippen LogP contribution is 2.30. The van der Waals surface area contributed by atoms with E-state index in [0.717, 1.165) is 17.0 Å². The molecular weight excluding hydrogens is 220 g/mol. The molecule has 1 unspecified atom stereocenters. The molecule has 3 nitrogen and oxygen atoms in total. The summed E-state index contributed by atoms with van der Waals surface area (Å²) in [7, 11) is 3.74. The van der Waals surface area contributed by atoms with Crippen LogP contribution in [0.4, 0.5) is 5.69 Å². The molecule has 1 aromatic carbocycles. The first-order valence-corrected chi connectivity index (χ1v) is 5.98. The van der Waals surface area contributed by atoms with Gasteiger partial charge in [0.15, 0.2) is 0 Å². The quantitative estimate of drug-likeness (QED) is 0.778. The lowest BCUT2D eigenvalue weighted by atomic mass is 10.0. The number of thiol groups is 1. The topological polar surface area (TPSA) is 32.3 Å². The van der Waals surface area contributed by atoms with Crippen molar-refractivity contribution in [2.45, 2.75) is 12.5 Å². The van der Waals surface area contributed by atoms with Crippen molar-refractivity contribution in [3.63, 3.8) is 0 Å². The Labute approximate surface area is 101 Å². The molecule has 0 spiro atoms. The van der Waals surface area contributed by atoms with Crippen LogP contribution in [-0.4, -0.2) is 25.8 Å². The largest absolute Gasteiger partial charge is 0.315 e. The Morgan fingerprint density at radius 3 is 2.94 bits per heavy atom. The number of nitrogens with zero attached hydrogens (tertiary/aromatic N) is 1. The standard InChI is InChI=1S/C12H16N2OS/c1-13-10(7-16)8-3-4-11-9(5-8)6-12(15)14(11)2/h3-5,10,13,16H,6-7H2,1-2H3. The first kappa shape index (κ1) is 11.5. The van der Waals surface area contributed by atoms with Gasteiger partial charge in [0.2, 0.25) is 5.91 Å². The van der Waals surface area contributed by atoms with Crippen molar-refractivity contribution in [2.75, 3.05) is 24.7 Å². The number of benzene rings is 1. The van der Waals surface area contributed by atoms with Gasteiger partial charge in [-0.3, -0.25) is 4.79 Å². The molecule has 0 aliphatic carbocycles. The summed E-state index contributed by atoms with van der Waals surface area (Å²) in [5, 5.41) is 3.21. The van der Waals surface area contributed by atoms with Crippen LogP contribution in [0.3, 0.4) is 0 Å². The maximum atomic E-state index is 11.5. The maximum absolute atomic E-state index is 11.5. The van der Waals surface area contributed by atoms with Crippen LogP contribution in [0.25, 0.3) is 0 Å². The normalized spacial score (nSPS) is 16.4. The third-order valence-corrected chi connectivity index (χ3v) is 3.48. The summed E-state index contributed by atoms with van der Waals surface area (Å²) in [5.74, 6) is 0.915. The van der Waals surface area contributed by atoms with Crippen LogP contribution in [0, 0.1) is 0 Å². The van der Waals surface area contributed by atoms with E-state index >= 15 is 0 Å². The van der Waals surface area contributed by atoms with E-state index in [1.165, 1.54) is 5.56 Å². The van der Waals surface area contributed by atoms with E-state index in [2.05, 4.69) is 30.1 Å². The van der Waals surface area contributed by atoms with E-state index < -0.39 is 0 Å². The third-order valence-electron chi connectivity index (χ3n) is 3.11. The molecule has 1 N–H and O–H groups in total. The summed E-state index contributed by atoms with van der Waals surface area (Å²) in [6.07, 6.45) is 0.517. The van der Waals surface area contributed by atoms with Crippen molar-refractivity contribution in [1.82, 2.24) is 5.32 Å². The zero-order valence-electron chi connectivity index (χ0n) is 9.53. The molecule has 2 rings (SSSR count). The molecule has 0 bridgehead atoms. The Kier molecular flexibility index (Phi) is 3.21. The van der Waals surface area contributed by atoms with Crippen molar-refractivity contribution in [3.05, 3.63) is 29.3 Å². The van der Waals surface area contributed by atoms with Gasteiger partial charge in [0.1, 0.15) is 0 Å². The van der Waals surface area contributed by atoms with Gasteiger partial charge < -0.3 is 10.2 Å². The number of amides is 1. The zero-order valence-corrected chi connectivity index (χ0v) is 10.4. The average Bonchev–Trinajstić information content (AvgIpc) is 2.56. The lowest BCUT2D eigenvalue weighted by Gasteiger charge is -2.16. The van der Waals surface area contributed by atoms with E-state index in [1.807, 2.05) is 20.2 Å². The Balaban J connectivity index is 2.35. The SMILES string of the molecule is CNC(CS)c1ccc2c(c1)CC(=O)N2C. The molecule has 0 radical (unpaired) electrons. The number of hydrogen-bond acceptors (Lipinski definition) is 3. The highest BCUT2D eigenvalue weighted by molar-refractivity contribution is 7.80. The number of rotatable bonds is 3. The van der Waals surface area contributed by atoms with Crippen LogP contribution in [0.15, 0.2) is 18.2 Å². The average molecular weight is 236 g/mol. The second kappa shape index (κ2) is 4.47. The molecule has 1 aliphatic rings. The fraction of sp³-hybridized carbons (Fsp3) is 0.417. The highest BCUT2D eigenvalue weighted by atomic mass is 32.1. The van der Waals surface area contributed by atoms with Gasteiger partial charge >= 0.3 is 0 Å². The van der Waals surface area contributed by atoms with Gasteiger partial charge in [-0.1, -0.05) is 12.1 Å². The Morgan fingerprint density at radius 2 is 2.31 bits per heavy atom. The predicted molar refractivity (Wildman–Crippen MR) is 69.2 cm³/mol. The van der Waals surface area contributed by atoms with Gasteiger partial charge in [-0.2, -0.15) is 12.6 Å². The molecule has 0 saturated heterocycles. The Hall–Kier alpha value is -1.00. The molecule has 16 heavy (non-hydrogen) atoms. The minimum Gasteiger partial charge on any atom is -0.315 e.